The maximum atomic E-state index is 12.3. The first-order valence-corrected chi connectivity index (χ1v) is 9.49. The van der Waals surface area contributed by atoms with Gasteiger partial charge in [-0.2, -0.15) is 0 Å². The molecule has 0 atom stereocenters. The number of nitrogens with one attached hydrogen (secondary N) is 1. The van der Waals surface area contributed by atoms with E-state index in [-0.39, 0.29) is 5.91 Å². The van der Waals surface area contributed by atoms with Crippen molar-refractivity contribution in [1.82, 2.24) is 24.8 Å². The van der Waals surface area contributed by atoms with Crippen molar-refractivity contribution in [3.63, 3.8) is 0 Å². The van der Waals surface area contributed by atoms with Crippen LogP contribution in [0.15, 0.2) is 6.20 Å². The molecule has 23 heavy (non-hydrogen) atoms. The van der Waals surface area contributed by atoms with E-state index in [1.54, 1.807) is 6.20 Å². The summed E-state index contributed by atoms with van der Waals surface area (Å²) < 4.78 is 3.98. The molecule has 1 aliphatic rings. The topological polar surface area (TPSA) is 71.0 Å². The largest absolute Gasteiger partial charge is 0.346 e. The van der Waals surface area contributed by atoms with E-state index in [0.717, 1.165) is 35.2 Å². The summed E-state index contributed by atoms with van der Waals surface area (Å²) >= 11 is 2.83. The van der Waals surface area contributed by atoms with E-state index in [4.69, 9.17) is 0 Å². The molecule has 1 aliphatic heterocycles. The summed E-state index contributed by atoms with van der Waals surface area (Å²) in [5, 5.41) is 8.10. The molecule has 0 radical (unpaired) electrons. The number of likely N-dealkylation sites (tertiary alicyclic amines) is 1. The van der Waals surface area contributed by atoms with E-state index in [1.807, 2.05) is 0 Å². The van der Waals surface area contributed by atoms with Gasteiger partial charge in [-0.25, -0.2) is 4.98 Å². The average molecular weight is 352 g/mol. The normalized spacial score (nSPS) is 15.4. The third kappa shape index (κ3) is 4.13. The van der Waals surface area contributed by atoms with Gasteiger partial charge in [0.25, 0.3) is 5.91 Å². The number of aromatic nitrogens is 3. The molecule has 2 aromatic rings. The average Bonchev–Trinajstić information content (AvgIpc) is 3.26. The summed E-state index contributed by atoms with van der Waals surface area (Å²) in [4.78, 5) is 20.7. The minimum atomic E-state index is -0.0710. The minimum Gasteiger partial charge on any atom is -0.346 e. The van der Waals surface area contributed by atoms with Crippen LogP contribution in [0.25, 0.3) is 0 Å². The van der Waals surface area contributed by atoms with Gasteiger partial charge in [-0.3, -0.25) is 9.69 Å². The second kappa shape index (κ2) is 7.46. The van der Waals surface area contributed by atoms with E-state index in [9.17, 15) is 4.79 Å². The molecule has 3 rings (SSSR count). The van der Waals surface area contributed by atoms with E-state index in [2.05, 4.69) is 38.6 Å². The van der Waals surface area contributed by atoms with Crippen LogP contribution in [0.1, 0.15) is 57.9 Å². The standard InChI is InChI=1S/C15H21N5OS2/c1-10(2)14-11(23-19-18-14)7-17-15(21)12-8-16-13(22-12)9-20-5-3-4-6-20/h8,10H,3-7,9H2,1-2H3,(H,17,21). The number of thiazole rings is 1. The number of rotatable bonds is 6. The van der Waals surface area contributed by atoms with E-state index >= 15 is 0 Å². The van der Waals surface area contributed by atoms with Gasteiger partial charge in [-0.1, -0.05) is 18.3 Å². The van der Waals surface area contributed by atoms with E-state index < -0.39 is 0 Å². The number of amides is 1. The number of carbonyl (C=O) groups is 1. The Morgan fingerprint density at radius 1 is 1.39 bits per heavy atom. The third-order valence-electron chi connectivity index (χ3n) is 3.88. The highest BCUT2D eigenvalue weighted by molar-refractivity contribution is 7.13. The van der Waals surface area contributed by atoms with Crippen molar-refractivity contribution in [2.45, 2.75) is 45.7 Å². The Balaban J connectivity index is 1.55. The van der Waals surface area contributed by atoms with Gasteiger partial charge >= 0.3 is 0 Å². The molecule has 0 unspecified atom stereocenters. The molecule has 1 fully saturated rings. The van der Waals surface area contributed by atoms with Crippen molar-refractivity contribution in [3.8, 4) is 0 Å². The molecule has 0 aromatic carbocycles. The molecule has 6 nitrogen and oxygen atoms in total. The predicted octanol–water partition coefficient (Wildman–Crippen LogP) is 2.64. The van der Waals surface area contributed by atoms with Crippen LogP contribution in [-0.4, -0.2) is 38.5 Å². The summed E-state index contributed by atoms with van der Waals surface area (Å²) in [6.07, 6.45) is 4.21. The summed E-state index contributed by atoms with van der Waals surface area (Å²) in [5.74, 6) is 0.245. The van der Waals surface area contributed by atoms with Crippen LogP contribution < -0.4 is 5.32 Å². The zero-order chi connectivity index (χ0) is 16.2. The lowest BCUT2D eigenvalue weighted by Crippen LogP contribution is -2.22. The fourth-order valence-electron chi connectivity index (χ4n) is 2.64. The maximum Gasteiger partial charge on any atom is 0.263 e. The third-order valence-corrected chi connectivity index (χ3v) is 5.59. The molecule has 8 heteroatoms. The summed E-state index contributed by atoms with van der Waals surface area (Å²) in [6, 6.07) is 0. The molecule has 0 spiro atoms. The Hall–Kier alpha value is -1.38. The van der Waals surface area contributed by atoms with Crippen molar-refractivity contribution < 1.29 is 4.79 Å². The SMILES string of the molecule is CC(C)c1nnsc1CNC(=O)c1cnc(CN2CCCC2)s1. The first-order chi connectivity index (χ1) is 11.1. The van der Waals surface area contributed by atoms with Gasteiger partial charge in [-0.15, -0.1) is 16.4 Å². The fraction of sp³-hybridized carbons (Fsp3) is 0.600. The molecule has 1 N–H and O–H groups in total. The van der Waals surface area contributed by atoms with Gasteiger partial charge in [0.1, 0.15) is 9.88 Å². The summed E-state index contributed by atoms with van der Waals surface area (Å²) in [5.41, 5.74) is 0.967. The van der Waals surface area contributed by atoms with Crippen molar-refractivity contribution in [2.24, 2.45) is 0 Å². The first-order valence-electron chi connectivity index (χ1n) is 7.90. The zero-order valence-electron chi connectivity index (χ0n) is 13.4. The van der Waals surface area contributed by atoms with Crippen molar-refractivity contribution in [3.05, 3.63) is 26.7 Å². The van der Waals surface area contributed by atoms with Gasteiger partial charge in [0.05, 0.1) is 29.9 Å². The molecule has 2 aromatic heterocycles. The van der Waals surface area contributed by atoms with Crippen LogP contribution in [0.2, 0.25) is 0 Å². The van der Waals surface area contributed by atoms with E-state index in [1.165, 1.54) is 35.7 Å². The number of hydrogen-bond donors (Lipinski definition) is 1. The van der Waals surface area contributed by atoms with Gasteiger partial charge in [0, 0.05) is 0 Å². The van der Waals surface area contributed by atoms with Gasteiger partial charge in [0.15, 0.2) is 0 Å². The Labute approximate surface area is 144 Å². The second-order valence-corrected chi connectivity index (χ2v) is 7.97. The lowest BCUT2D eigenvalue weighted by atomic mass is 10.1. The Kier molecular flexibility index (Phi) is 5.34. The van der Waals surface area contributed by atoms with Crippen molar-refractivity contribution in [1.29, 1.82) is 0 Å². The number of nitrogens with zero attached hydrogens (tertiary/aromatic N) is 4. The van der Waals surface area contributed by atoms with Gasteiger partial charge in [0.2, 0.25) is 0 Å². The lowest BCUT2D eigenvalue weighted by molar-refractivity contribution is 0.0955. The smallest absolute Gasteiger partial charge is 0.263 e. The second-order valence-electron chi connectivity index (χ2n) is 6.02. The molecule has 1 saturated heterocycles. The molecule has 3 heterocycles. The molecular weight excluding hydrogens is 330 g/mol. The van der Waals surface area contributed by atoms with Gasteiger partial charge < -0.3 is 5.32 Å². The highest BCUT2D eigenvalue weighted by Crippen LogP contribution is 2.20. The quantitative estimate of drug-likeness (QED) is 0.866. The predicted molar refractivity (Wildman–Crippen MR) is 91.8 cm³/mol. The van der Waals surface area contributed by atoms with Crippen LogP contribution in [0, 0.1) is 0 Å². The Morgan fingerprint density at radius 2 is 2.17 bits per heavy atom. The molecule has 0 bridgehead atoms. The fourth-order valence-corrected chi connectivity index (χ4v) is 4.26. The van der Waals surface area contributed by atoms with Crippen molar-refractivity contribution in [2.75, 3.05) is 13.1 Å². The minimum absolute atomic E-state index is 0.0710. The zero-order valence-corrected chi connectivity index (χ0v) is 15.0. The molecule has 124 valence electrons. The van der Waals surface area contributed by atoms with E-state index in [0.29, 0.717) is 17.3 Å². The number of hydrogen-bond acceptors (Lipinski definition) is 7. The van der Waals surface area contributed by atoms with Crippen LogP contribution >= 0.6 is 22.9 Å². The van der Waals surface area contributed by atoms with Crippen LogP contribution in [0.4, 0.5) is 0 Å². The lowest BCUT2D eigenvalue weighted by Gasteiger charge is -2.11. The molecular formula is C15H21N5OS2. The first kappa shape index (κ1) is 16.5. The monoisotopic (exact) mass is 351 g/mol. The molecule has 0 aliphatic carbocycles. The van der Waals surface area contributed by atoms with Gasteiger partial charge in [-0.05, 0) is 43.4 Å². The van der Waals surface area contributed by atoms with Crippen molar-refractivity contribution >= 4 is 28.8 Å². The van der Waals surface area contributed by atoms with Crippen LogP contribution in [-0.2, 0) is 13.1 Å². The summed E-state index contributed by atoms with van der Waals surface area (Å²) in [6.45, 7) is 7.76. The highest BCUT2D eigenvalue weighted by atomic mass is 32.1. The maximum absolute atomic E-state index is 12.3. The van der Waals surface area contributed by atoms with Crippen LogP contribution in [0.3, 0.4) is 0 Å². The summed E-state index contributed by atoms with van der Waals surface area (Å²) in [7, 11) is 0. The Morgan fingerprint density at radius 3 is 2.91 bits per heavy atom. The highest BCUT2D eigenvalue weighted by Gasteiger charge is 2.17. The molecule has 1 amide bonds. The number of carbonyl (C=O) groups excluding carboxylic acids is 1. The van der Waals surface area contributed by atoms with Crippen LogP contribution in [0.5, 0.6) is 0 Å². The molecule has 0 saturated carbocycles. The Bertz CT molecular complexity index is 660.